The van der Waals surface area contributed by atoms with E-state index in [-0.39, 0.29) is 23.7 Å². The molecule has 2 rings (SSSR count). The second-order valence-electron chi connectivity index (χ2n) is 5.68. The Morgan fingerprint density at radius 3 is 2.41 bits per heavy atom. The summed E-state index contributed by atoms with van der Waals surface area (Å²) >= 11 is 0. The van der Waals surface area contributed by atoms with Gasteiger partial charge in [0.25, 0.3) is 5.91 Å². The molecule has 1 aliphatic carbocycles. The second-order valence-corrected chi connectivity index (χ2v) is 5.68. The number of hydrogen-bond donors (Lipinski definition) is 3. The maximum absolute atomic E-state index is 11.8. The molecule has 3 N–H and O–H groups in total. The standard InChI is InChI=1S/C16H25N3O3/c20-15(14-9-6-12-22-14)17-10-11-18-16(21)19-13-7-4-2-1-3-5-8-13/h6,9,12-13H,1-5,7-8,10-11H2,(H,17,20)(H2,18,19,21). The van der Waals surface area contributed by atoms with Crippen molar-refractivity contribution in [2.24, 2.45) is 0 Å². The molecule has 1 fully saturated rings. The van der Waals surface area contributed by atoms with Gasteiger partial charge in [-0.2, -0.15) is 0 Å². The Kier molecular flexibility index (Phi) is 6.80. The van der Waals surface area contributed by atoms with Gasteiger partial charge in [-0.1, -0.05) is 32.1 Å². The maximum Gasteiger partial charge on any atom is 0.315 e. The topological polar surface area (TPSA) is 83.4 Å². The van der Waals surface area contributed by atoms with E-state index in [0.717, 1.165) is 12.8 Å². The van der Waals surface area contributed by atoms with Crippen molar-refractivity contribution in [3.8, 4) is 0 Å². The molecule has 1 aromatic rings. The van der Waals surface area contributed by atoms with Crippen LogP contribution in [0.3, 0.4) is 0 Å². The van der Waals surface area contributed by atoms with Crippen molar-refractivity contribution < 1.29 is 14.0 Å². The van der Waals surface area contributed by atoms with Gasteiger partial charge in [0.05, 0.1) is 6.26 Å². The summed E-state index contributed by atoms with van der Waals surface area (Å²) in [5, 5.41) is 8.48. The third-order valence-corrected chi connectivity index (χ3v) is 3.88. The molecule has 0 atom stereocenters. The van der Waals surface area contributed by atoms with Gasteiger partial charge in [0.2, 0.25) is 0 Å². The monoisotopic (exact) mass is 307 g/mol. The van der Waals surface area contributed by atoms with Crippen LogP contribution >= 0.6 is 0 Å². The normalized spacial score (nSPS) is 16.4. The molecule has 22 heavy (non-hydrogen) atoms. The Balaban J connectivity index is 1.58. The smallest absolute Gasteiger partial charge is 0.315 e. The van der Waals surface area contributed by atoms with Gasteiger partial charge in [0.15, 0.2) is 5.76 Å². The van der Waals surface area contributed by atoms with Crippen LogP contribution in [0.4, 0.5) is 4.79 Å². The number of urea groups is 1. The van der Waals surface area contributed by atoms with Gasteiger partial charge >= 0.3 is 6.03 Å². The van der Waals surface area contributed by atoms with E-state index in [1.54, 1.807) is 12.1 Å². The molecule has 122 valence electrons. The minimum atomic E-state index is -0.271. The summed E-state index contributed by atoms with van der Waals surface area (Å²) in [6.07, 6.45) is 9.78. The quantitative estimate of drug-likeness (QED) is 0.731. The van der Waals surface area contributed by atoms with E-state index in [1.807, 2.05) is 0 Å². The van der Waals surface area contributed by atoms with Crippen LogP contribution in [0.5, 0.6) is 0 Å². The first-order valence-corrected chi connectivity index (χ1v) is 8.12. The lowest BCUT2D eigenvalue weighted by Crippen LogP contribution is -2.44. The lowest BCUT2D eigenvalue weighted by Gasteiger charge is -2.21. The molecular weight excluding hydrogens is 282 g/mol. The average molecular weight is 307 g/mol. The summed E-state index contributed by atoms with van der Waals surface area (Å²) in [5.41, 5.74) is 0. The zero-order valence-electron chi connectivity index (χ0n) is 12.9. The first-order chi connectivity index (χ1) is 10.8. The summed E-state index contributed by atoms with van der Waals surface area (Å²) in [6, 6.07) is 3.38. The van der Waals surface area contributed by atoms with Crippen LogP contribution in [-0.2, 0) is 0 Å². The van der Waals surface area contributed by atoms with E-state index in [0.29, 0.717) is 13.1 Å². The Hall–Kier alpha value is -1.98. The van der Waals surface area contributed by atoms with Crippen molar-refractivity contribution in [3.63, 3.8) is 0 Å². The van der Waals surface area contributed by atoms with Gasteiger partial charge in [-0.05, 0) is 25.0 Å². The molecule has 6 heteroatoms. The van der Waals surface area contributed by atoms with Crippen LogP contribution in [0.25, 0.3) is 0 Å². The van der Waals surface area contributed by atoms with E-state index in [2.05, 4.69) is 16.0 Å². The summed E-state index contributed by atoms with van der Waals surface area (Å²) in [7, 11) is 0. The van der Waals surface area contributed by atoms with Crippen LogP contribution in [0.15, 0.2) is 22.8 Å². The molecule has 1 saturated carbocycles. The molecule has 1 aromatic heterocycles. The van der Waals surface area contributed by atoms with Gasteiger partial charge in [-0.15, -0.1) is 0 Å². The number of carbonyl (C=O) groups excluding carboxylic acids is 2. The van der Waals surface area contributed by atoms with Crippen LogP contribution in [-0.4, -0.2) is 31.1 Å². The number of furan rings is 1. The van der Waals surface area contributed by atoms with E-state index < -0.39 is 0 Å². The van der Waals surface area contributed by atoms with Crippen LogP contribution in [0.2, 0.25) is 0 Å². The largest absolute Gasteiger partial charge is 0.459 e. The minimum absolute atomic E-state index is 0.155. The van der Waals surface area contributed by atoms with Crippen molar-refractivity contribution in [1.82, 2.24) is 16.0 Å². The number of nitrogens with one attached hydrogen (secondary N) is 3. The Labute approximate surface area is 131 Å². The number of hydrogen-bond acceptors (Lipinski definition) is 3. The van der Waals surface area contributed by atoms with Gasteiger partial charge in [0, 0.05) is 19.1 Å². The fourth-order valence-electron chi connectivity index (χ4n) is 2.68. The van der Waals surface area contributed by atoms with Crippen molar-refractivity contribution >= 4 is 11.9 Å². The molecule has 0 saturated heterocycles. The minimum Gasteiger partial charge on any atom is -0.459 e. The van der Waals surface area contributed by atoms with E-state index in [1.165, 1.54) is 38.4 Å². The SMILES string of the molecule is O=C(NCCNC(=O)c1ccco1)NC1CCCCCCC1. The highest BCUT2D eigenvalue weighted by atomic mass is 16.3. The highest BCUT2D eigenvalue weighted by Crippen LogP contribution is 2.16. The van der Waals surface area contributed by atoms with Crippen molar-refractivity contribution in [2.45, 2.75) is 51.0 Å². The molecule has 0 radical (unpaired) electrons. The van der Waals surface area contributed by atoms with E-state index >= 15 is 0 Å². The Bertz CT molecular complexity index is 451. The van der Waals surface area contributed by atoms with Crippen molar-refractivity contribution in [1.29, 1.82) is 0 Å². The second kappa shape index (κ2) is 9.12. The summed E-state index contributed by atoms with van der Waals surface area (Å²) in [5.74, 6) is 0.00574. The van der Waals surface area contributed by atoms with Crippen LogP contribution in [0, 0.1) is 0 Å². The predicted octanol–water partition coefficient (Wildman–Crippen LogP) is 2.42. The number of carbonyl (C=O) groups is 2. The van der Waals surface area contributed by atoms with Crippen LogP contribution < -0.4 is 16.0 Å². The average Bonchev–Trinajstić information content (AvgIpc) is 3.00. The molecule has 0 spiro atoms. The third-order valence-electron chi connectivity index (χ3n) is 3.88. The summed E-state index contributed by atoms with van der Waals surface area (Å²) < 4.78 is 4.98. The predicted molar refractivity (Wildman–Crippen MR) is 83.7 cm³/mol. The number of amides is 3. The lowest BCUT2D eigenvalue weighted by molar-refractivity contribution is 0.0926. The molecule has 0 bridgehead atoms. The zero-order valence-corrected chi connectivity index (χ0v) is 12.9. The maximum atomic E-state index is 11.8. The fourth-order valence-corrected chi connectivity index (χ4v) is 2.68. The van der Waals surface area contributed by atoms with Gasteiger partial charge < -0.3 is 20.4 Å². The molecule has 0 aromatic carbocycles. The van der Waals surface area contributed by atoms with Gasteiger partial charge in [0.1, 0.15) is 0 Å². The van der Waals surface area contributed by atoms with Gasteiger partial charge in [-0.3, -0.25) is 4.79 Å². The van der Waals surface area contributed by atoms with Gasteiger partial charge in [-0.25, -0.2) is 4.79 Å². The molecule has 0 aliphatic heterocycles. The molecule has 0 unspecified atom stereocenters. The molecular formula is C16H25N3O3. The first-order valence-electron chi connectivity index (χ1n) is 8.12. The molecule has 1 heterocycles. The highest BCUT2D eigenvalue weighted by molar-refractivity contribution is 5.91. The van der Waals surface area contributed by atoms with Crippen LogP contribution in [0.1, 0.15) is 55.5 Å². The Morgan fingerprint density at radius 1 is 1.05 bits per heavy atom. The zero-order chi connectivity index (χ0) is 15.6. The highest BCUT2D eigenvalue weighted by Gasteiger charge is 2.13. The van der Waals surface area contributed by atoms with Crippen molar-refractivity contribution in [2.75, 3.05) is 13.1 Å². The first kappa shape index (κ1) is 16.4. The number of rotatable bonds is 5. The van der Waals surface area contributed by atoms with E-state index in [9.17, 15) is 9.59 Å². The Morgan fingerprint density at radius 2 is 1.73 bits per heavy atom. The summed E-state index contributed by atoms with van der Waals surface area (Å²) in [6.45, 7) is 0.766. The fraction of sp³-hybridized carbons (Fsp3) is 0.625. The lowest BCUT2D eigenvalue weighted by atomic mass is 9.97. The summed E-state index contributed by atoms with van der Waals surface area (Å²) in [4.78, 5) is 23.4. The third kappa shape index (κ3) is 5.79. The van der Waals surface area contributed by atoms with Crippen molar-refractivity contribution in [3.05, 3.63) is 24.2 Å². The molecule has 1 aliphatic rings. The molecule has 3 amide bonds. The molecule has 6 nitrogen and oxygen atoms in total. The van der Waals surface area contributed by atoms with E-state index in [4.69, 9.17) is 4.42 Å².